The molecule has 4 N–H and O–H groups in total. The van der Waals surface area contributed by atoms with Gasteiger partial charge in [0.25, 0.3) is 11.9 Å². The van der Waals surface area contributed by atoms with E-state index in [4.69, 9.17) is 29.9 Å². The molecule has 0 aromatic carbocycles. The summed E-state index contributed by atoms with van der Waals surface area (Å²) in [6.07, 6.45) is 0. The molecule has 0 bridgehead atoms. The van der Waals surface area contributed by atoms with Crippen LogP contribution in [-0.2, 0) is 14.2 Å². The van der Waals surface area contributed by atoms with E-state index >= 15 is 0 Å². The maximum Gasteiger partial charge on any atom is 0.633 e. The number of carbonyl (C=O) groups is 2. The summed E-state index contributed by atoms with van der Waals surface area (Å²) in [6.45, 7) is 2.17. The average Bonchev–Trinajstić information content (AvgIpc) is 1.84. The number of carboxylic acid groups (broad SMARTS) is 2. The first-order chi connectivity index (χ1) is 5.73. The molecule has 0 amide bonds. The van der Waals surface area contributed by atoms with Gasteiger partial charge in [0.1, 0.15) is 0 Å². The fourth-order valence-electron chi connectivity index (χ4n) is 0. The van der Waals surface area contributed by atoms with E-state index in [0.717, 1.165) is 13.8 Å². The van der Waals surface area contributed by atoms with Crippen LogP contribution in [0.25, 0.3) is 0 Å². The molecule has 78 valence electrons. The minimum absolute atomic E-state index is 0.833. The van der Waals surface area contributed by atoms with Gasteiger partial charge in [-0.05, 0) is 0 Å². The summed E-state index contributed by atoms with van der Waals surface area (Å²) >= 11 is 0. The molecule has 0 aliphatic rings. The second-order valence-electron chi connectivity index (χ2n) is 1.60. The van der Waals surface area contributed by atoms with E-state index in [1.165, 1.54) is 7.11 Å². The number of hydrogen-bond acceptors (Lipinski definition) is 5. The Hall–Kier alpha value is -1.12. The second kappa shape index (κ2) is 13.5. The van der Waals surface area contributed by atoms with Crippen molar-refractivity contribution in [3.8, 4) is 0 Å². The van der Waals surface area contributed by atoms with Crippen LogP contribution in [-0.4, -0.2) is 46.6 Å². The predicted molar refractivity (Wildman–Crippen MR) is 43.8 cm³/mol. The van der Waals surface area contributed by atoms with Crippen LogP contribution in [0.2, 0.25) is 0 Å². The molecule has 0 fully saturated rings. The van der Waals surface area contributed by atoms with Gasteiger partial charge in [-0.25, -0.2) is 0 Å². The zero-order valence-corrected chi connectivity index (χ0v) is 7.59. The number of hydrogen-bond donors (Lipinski definition) is 4. The Kier molecular flexibility index (Phi) is 18.5. The molecule has 0 atom stereocenters. The molecule has 0 saturated heterocycles. The molecular formula is C5H13BO7. The molecule has 0 rings (SSSR count). The van der Waals surface area contributed by atoms with Crippen LogP contribution in [0.15, 0.2) is 0 Å². The van der Waals surface area contributed by atoms with Gasteiger partial charge in [-0.15, -0.1) is 0 Å². The van der Waals surface area contributed by atoms with Gasteiger partial charge in [-0.3, -0.25) is 9.59 Å². The molecule has 0 radical (unpaired) electrons. The van der Waals surface area contributed by atoms with Gasteiger partial charge in [0.15, 0.2) is 0 Å². The zero-order chi connectivity index (χ0) is 11.4. The monoisotopic (exact) mass is 196 g/mol. The van der Waals surface area contributed by atoms with Crippen molar-refractivity contribution < 1.29 is 34.5 Å². The van der Waals surface area contributed by atoms with Crippen molar-refractivity contribution in [2.24, 2.45) is 0 Å². The quantitative estimate of drug-likeness (QED) is 0.387. The molecule has 0 aromatic heterocycles. The molecule has 0 unspecified atom stereocenters. The molecule has 8 heteroatoms. The van der Waals surface area contributed by atoms with Crippen LogP contribution in [0.5, 0.6) is 0 Å². The second-order valence-corrected chi connectivity index (χ2v) is 1.60. The maximum atomic E-state index is 9.00. The number of carboxylic acids is 2. The van der Waals surface area contributed by atoms with Crippen LogP contribution >= 0.6 is 0 Å². The van der Waals surface area contributed by atoms with Crippen molar-refractivity contribution in [1.29, 1.82) is 0 Å². The van der Waals surface area contributed by atoms with Gasteiger partial charge in [-0.1, -0.05) is 0 Å². The third kappa shape index (κ3) is 1100. The first-order valence-electron chi connectivity index (χ1n) is 3.02. The zero-order valence-electron chi connectivity index (χ0n) is 7.59. The first kappa shape index (κ1) is 17.8. The van der Waals surface area contributed by atoms with Crippen LogP contribution in [0.4, 0.5) is 0 Å². The number of aliphatic carboxylic acids is 2. The molecule has 13 heavy (non-hydrogen) atoms. The van der Waals surface area contributed by atoms with Gasteiger partial charge in [0.2, 0.25) is 0 Å². The van der Waals surface area contributed by atoms with Crippen molar-refractivity contribution in [2.45, 2.75) is 13.8 Å². The summed E-state index contributed by atoms with van der Waals surface area (Å²) in [6, 6.07) is 0. The Morgan fingerprint density at radius 1 is 1.08 bits per heavy atom. The van der Waals surface area contributed by atoms with Crippen LogP contribution in [0.3, 0.4) is 0 Å². The molecule has 0 aliphatic carbocycles. The van der Waals surface area contributed by atoms with E-state index < -0.39 is 19.3 Å². The lowest BCUT2D eigenvalue weighted by molar-refractivity contribution is -0.135. The largest absolute Gasteiger partial charge is 0.633 e. The summed E-state index contributed by atoms with van der Waals surface area (Å²) in [5.74, 6) is -1.67. The van der Waals surface area contributed by atoms with E-state index in [0.29, 0.717) is 0 Å². The lowest BCUT2D eigenvalue weighted by Crippen LogP contribution is -2.12. The highest BCUT2D eigenvalue weighted by Gasteiger charge is 2.00. The van der Waals surface area contributed by atoms with E-state index in [1.54, 1.807) is 0 Å². The van der Waals surface area contributed by atoms with Gasteiger partial charge < -0.3 is 24.9 Å². The molecule has 0 aliphatic heterocycles. The molecular weight excluding hydrogens is 183 g/mol. The van der Waals surface area contributed by atoms with Crippen molar-refractivity contribution >= 4 is 19.3 Å². The highest BCUT2D eigenvalue weighted by atomic mass is 16.6. The summed E-state index contributed by atoms with van der Waals surface area (Å²) in [4.78, 5) is 18.0. The fraction of sp³-hybridized carbons (Fsp3) is 0.600. The van der Waals surface area contributed by atoms with E-state index in [9.17, 15) is 0 Å². The molecule has 0 aromatic rings. The van der Waals surface area contributed by atoms with E-state index in [-0.39, 0.29) is 0 Å². The molecule has 0 saturated carbocycles. The summed E-state index contributed by atoms with van der Waals surface area (Å²) in [5.41, 5.74) is 0. The van der Waals surface area contributed by atoms with Gasteiger partial charge in [0.05, 0.1) is 0 Å². The van der Waals surface area contributed by atoms with E-state index in [2.05, 4.69) is 4.65 Å². The van der Waals surface area contributed by atoms with E-state index in [1.807, 2.05) is 0 Å². The van der Waals surface area contributed by atoms with Gasteiger partial charge >= 0.3 is 7.32 Å². The van der Waals surface area contributed by atoms with Crippen LogP contribution < -0.4 is 0 Å². The molecule has 0 heterocycles. The highest BCUT2D eigenvalue weighted by molar-refractivity contribution is 6.32. The SMILES string of the molecule is CC(=O)O.CC(=O)O.COB(O)O. The van der Waals surface area contributed by atoms with Crippen LogP contribution in [0, 0.1) is 0 Å². The standard InChI is InChI=1S/2C2H4O2.CH5BO3/c2*1-2(3)4;1-5-2(3)4/h2*1H3,(H,3,4);3-4H,1H3. The predicted octanol–water partition coefficient (Wildman–Crippen LogP) is -1.22. The van der Waals surface area contributed by atoms with Crippen molar-refractivity contribution in [3.63, 3.8) is 0 Å². The van der Waals surface area contributed by atoms with Crippen LogP contribution in [0.1, 0.15) is 13.8 Å². The third-order valence-electron chi connectivity index (χ3n) is 0.211. The lowest BCUT2D eigenvalue weighted by atomic mass is 10.3. The minimum atomic E-state index is -1.62. The Balaban J connectivity index is -0.000000117. The lowest BCUT2D eigenvalue weighted by Gasteiger charge is -1.84. The molecule has 7 nitrogen and oxygen atoms in total. The first-order valence-corrected chi connectivity index (χ1v) is 3.02. The minimum Gasteiger partial charge on any atom is -0.481 e. The smallest absolute Gasteiger partial charge is 0.481 e. The fourth-order valence-corrected chi connectivity index (χ4v) is 0. The normalized spacial score (nSPS) is 6.85. The van der Waals surface area contributed by atoms with Crippen molar-refractivity contribution in [1.82, 2.24) is 0 Å². The Bertz CT molecular complexity index is 115. The van der Waals surface area contributed by atoms with Gasteiger partial charge in [-0.2, -0.15) is 0 Å². The summed E-state index contributed by atoms with van der Waals surface area (Å²) in [5, 5.41) is 30.2. The Morgan fingerprint density at radius 3 is 1.15 bits per heavy atom. The van der Waals surface area contributed by atoms with Crippen molar-refractivity contribution in [2.75, 3.05) is 7.11 Å². The summed E-state index contributed by atoms with van der Waals surface area (Å²) < 4.78 is 3.86. The van der Waals surface area contributed by atoms with Gasteiger partial charge in [0, 0.05) is 21.0 Å². The maximum absolute atomic E-state index is 9.00. The highest BCUT2D eigenvalue weighted by Crippen LogP contribution is 1.59. The Morgan fingerprint density at radius 2 is 1.15 bits per heavy atom. The third-order valence-corrected chi connectivity index (χ3v) is 0.211. The Labute approximate surface area is 75.8 Å². The van der Waals surface area contributed by atoms with Crippen molar-refractivity contribution in [3.05, 3.63) is 0 Å². The average molecular weight is 196 g/mol. The number of rotatable bonds is 1. The topological polar surface area (TPSA) is 124 Å². The summed E-state index contributed by atoms with van der Waals surface area (Å²) in [7, 11) is -0.417. The molecule has 0 spiro atoms.